The molecule has 0 aromatic heterocycles. The van der Waals surface area contributed by atoms with E-state index in [2.05, 4.69) is 0 Å². The van der Waals surface area contributed by atoms with E-state index in [4.69, 9.17) is 0 Å². The van der Waals surface area contributed by atoms with Crippen LogP contribution in [0, 0.1) is 23.7 Å². The number of aliphatic hydroxyl groups excluding tert-OH is 1. The first-order valence-electron chi connectivity index (χ1n) is 5.02. The second-order valence-corrected chi connectivity index (χ2v) is 4.80. The van der Waals surface area contributed by atoms with Crippen molar-refractivity contribution in [1.82, 2.24) is 0 Å². The molecule has 0 saturated heterocycles. The molecule has 3 saturated carbocycles. The number of hydrogen-bond acceptors (Lipinski definition) is 1. The van der Waals surface area contributed by atoms with Crippen LogP contribution in [0.2, 0.25) is 0 Å². The van der Waals surface area contributed by atoms with Crippen LogP contribution in [0.25, 0.3) is 0 Å². The minimum atomic E-state index is 0.0790. The minimum absolute atomic E-state index is 0.0790. The van der Waals surface area contributed by atoms with Gasteiger partial charge in [-0.15, -0.1) is 0 Å². The molecule has 0 spiro atoms. The van der Waals surface area contributed by atoms with Crippen molar-refractivity contribution in [2.24, 2.45) is 23.7 Å². The van der Waals surface area contributed by atoms with Crippen molar-refractivity contribution >= 4 is 0 Å². The summed E-state index contributed by atoms with van der Waals surface area (Å²) in [6, 6.07) is 0. The van der Waals surface area contributed by atoms with Crippen LogP contribution in [0.4, 0.5) is 0 Å². The SMILES string of the molecule is O[C@H]1C[C@H]2C[C@H]1[C@H]1CC[C@H]2C1. The highest BCUT2D eigenvalue weighted by Crippen LogP contribution is 2.55. The van der Waals surface area contributed by atoms with Crippen LogP contribution in [-0.4, -0.2) is 11.2 Å². The maximum Gasteiger partial charge on any atom is 0.0573 e. The zero-order valence-electron chi connectivity index (χ0n) is 6.87. The lowest BCUT2D eigenvalue weighted by molar-refractivity contribution is 0.0999. The highest BCUT2D eigenvalue weighted by atomic mass is 16.3. The van der Waals surface area contributed by atoms with Crippen LogP contribution in [0.3, 0.4) is 0 Å². The summed E-state index contributed by atoms with van der Waals surface area (Å²) < 4.78 is 0. The van der Waals surface area contributed by atoms with Gasteiger partial charge in [0, 0.05) is 0 Å². The highest BCUT2D eigenvalue weighted by molar-refractivity contribution is 4.99. The van der Waals surface area contributed by atoms with Gasteiger partial charge in [0.1, 0.15) is 0 Å². The molecule has 3 aliphatic carbocycles. The Balaban J connectivity index is 1.93. The van der Waals surface area contributed by atoms with E-state index in [-0.39, 0.29) is 6.10 Å². The zero-order chi connectivity index (χ0) is 7.42. The molecule has 0 aliphatic heterocycles. The van der Waals surface area contributed by atoms with Gasteiger partial charge in [-0.05, 0) is 55.8 Å². The predicted molar refractivity (Wildman–Crippen MR) is 43.1 cm³/mol. The van der Waals surface area contributed by atoms with Crippen molar-refractivity contribution in [1.29, 1.82) is 0 Å². The summed E-state index contributed by atoms with van der Waals surface area (Å²) in [5.41, 5.74) is 0. The molecule has 0 amide bonds. The molecule has 0 heterocycles. The third kappa shape index (κ3) is 0.752. The van der Waals surface area contributed by atoms with Crippen molar-refractivity contribution in [3.8, 4) is 0 Å². The fourth-order valence-corrected chi connectivity index (χ4v) is 3.85. The molecule has 3 aliphatic rings. The van der Waals surface area contributed by atoms with Gasteiger partial charge in [-0.25, -0.2) is 0 Å². The van der Waals surface area contributed by atoms with Gasteiger partial charge in [0.2, 0.25) is 0 Å². The van der Waals surface area contributed by atoms with Crippen molar-refractivity contribution in [3.05, 3.63) is 0 Å². The van der Waals surface area contributed by atoms with Crippen molar-refractivity contribution in [2.45, 2.75) is 38.2 Å². The molecule has 3 rings (SSSR count). The third-order valence-corrected chi connectivity index (χ3v) is 4.40. The summed E-state index contributed by atoms with van der Waals surface area (Å²) in [5, 5.41) is 9.72. The van der Waals surface area contributed by atoms with Gasteiger partial charge in [0.15, 0.2) is 0 Å². The van der Waals surface area contributed by atoms with E-state index in [1.165, 1.54) is 25.7 Å². The Morgan fingerprint density at radius 1 is 0.818 bits per heavy atom. The molecule has 1 N–H and O–H groups in total. The molecule has 0 radical (unpaired) electrons. The summed E-state index contributed by atoms with van der Waals surface area (Å²) in [6.45, 7) is 0. The molecule has 11 heavy (non-hydrogen) atoms. The summed E-state index contributed by atoms with van der Waals surface area (Å²) >= 11 is 0. The van der Waals surface area contributed by atoms with E-state index >= 15 is 0 Å². The van der Waals surface area contributed by atoms with Gasteiger partial charge in [0.05, 0.1) is 6.10 Å². The summed E-state index contributed by atoms with van der Waals surface area (Å²) in [5.74, 6) is 3.54. The molecule has 0 aromatic rings. The van der Waals surface area contributed by atoms with Gasteiger partial charge >= 0.3 is 0 Å². The smallest absolute Gasteiger partial charge is 0.0573 e. The Bertz CT molecular complexity index is 178. The Morgan fingerprint density at radius 2 is 1.64 bits per heavy atom. The molecule has 0 aromatic carbocycles. The van der Waals surface area contributed by atoms with Gasteiger partial charge in [-0.2, -0.15) is 0 Å². The fraction of sp³-hybridized carbons (Fsp3) is 1.00. The number of rotatable bonds is 0. The van der Waals surface area contributed by atoms with Gasteiger partial charge in [-0.3, -0.25) is 0 Å². The van der Waals surface area contributed by atoms with E-state index < -0.39 is 0 Å². The maximum absolute atomic E-state index is 9.72. The average Bonchev–Trinajstić information content (AvgIpc) is 2.49. The molecular formula is C10H16O. The number of fused-ring (bicyclic) bond motifs is 6. The van der Waals surface area contributed by atoms with Crippen LogP contribution in [-0.2, 0) is 0 Å². The molecule has 62 valence electrons. The summed E-state index contributed by atoms with van der Waals surface area (Å²) in [7, 11) is 0. The standard InChI is InChI=1S/C10H16O/c11-10-5-8-4-9(10)7-2-1-6(8)3-7/h6-11H,1-5H2/t6-,7-,8+,9-,10-/m0/s1. The molecule has 4 bridgehead atoms. The molecule has 1 heteroatoms. The third-order valence-electron chi connectivity index (χ3n) is 4.40. The first-order valence-corrected chi connectivity index (χ1v) is 5.02. The first kappa shape index (κ1) is 6.47. The molecule has 0 unspecified atom stereocenters. The van der Waals surface area contributed by atoms with Crippen LogP contribution < -0.4 is 0 Å². The van der Waals surface area contributed by atoms with E-state index in [1.54, 1.807) is 0 Å². The monoisotopic (exact) mass is 152 g/mol. The van der Waals surface area contributed by atoms with Crippen LogP contribution in [0.15, 0.2) is 0 Å². The number of hydrogen-bond donors (Lipinski definition) is 1. The zero-order valence-corrected chi connectivity index (χ0v) is 6.87. The highest BCUT2D eigenvalue weighted by Gasteiger charge is 2.49. The fourth-order valence-electron chi connectivity index (χ4n) is 3.85. The largest absolute Gasteiger partial charge is 0.393 e. The lowest BCUT2D eigenvalue weighted by atomic mass is 9.79. The van der Waals surface area contributed by atoms with Crippen molar-refractivity contribution in [3.63, 3.8) is 0 Å². The van der Waals surface area contributed by atoms with Crippen LogP contribution in [0.5, 0.6) is 0 Å². The van der Waals surface area contributed by atoms with Crippen molar-refractivity contribution < 1.29 is 5.11 Å². The predicted octanol–water partition coefficient (Wildman–Crippen LogP) is 1.80. The van der Waals surface area contributed by atoms with Crippen LogP contribution >= 0.6 is 0 Å². The quantitative estimate of drug-likeness (QED) is 0.561. The van der Waals surface area contributed by atoms with Gasteiger partial charge in [-0.1, -0.05) is 0 Å². The molecule has 3 fully saturated rings. The van der Waals surface area contributed by atoms with E-state index in [0.717, 1.165) is 24.2 Å². The van der Waals surface area contributed by atoms with E-state index in [1.807, 2.05) is 0 Å². The Labute approximate surface area is 67.8 Å². The Morgan fingerprint density at radius 3 is 2.55 bits per heavy atom. The molecule has 5 atom stereocenters. The Hall–Kier alpha value is -0.0400. The van der Waals surface area contributed by atoms with Crippen LogP contribution in [0.1, 0.15) is 32.1 Å². The Kier molecular flexibility index (Phi) is 1.18. The first-order chi connectivity index (χ1) is 5.34. The maximum atomic E-state index is 9.72. The van der Waals surface area contributed by atoms with E-state index in [0.29, 0.717) is 5.92 Å². The molecule has 1 nitrogen and oxygen atoms in total. The summed E-state index contributed by atoms with van der Waals surface area (Å²) in [6.07, 6.45) is 6.91. The lowest BCUT2D eigenvalue weighted by Crippen LogP contribution is -2.22. The second-order valence-electron chi connectivity index (χ2n) is 4.80. The lowest BCUT2D eigenvalue weighted by Gasteiger charge is -2.26. The molecular weight excluding hydrogens is 136 g/mol. The van der Waals surface area contributed by atoms with Crippen molar-refractivity contribution in [2.75, 3.05) is 0 Å². The normalized spacial score (nSPS) is 60.3. The van der Waals surface area contributed by atoms with Gasteiger partial charge in [0.25, 0.3) is 0 Å². The van der Waals surface area contributed by atoms with E-state index in [9.17, 15) is 5.11 Å². The second kappa shape index (κ2) is 2.01. The summed E-state index contributed by atoms with van der Waals surface area (Å²) in [4.78, 5) is 0. The topological polar surface area (TPSA) is 20.2 Å². The van der Waals surface area contributed by atoms with Gasteiger partial charge < -0.3 is 5.11 Å². The average molecular weight is 152 g/mol. The number of aliphatic hydroxyl groups is 1. The minimum Gasteiger partial charge on any atom is -0.393 e.